The molecule has 1 aromatic carbocycles. The van der Waals surface area contributed by atoms with Crippen molar-refractivity contribution in [1.82, 2.24) is 0 Å². The Morgan fingerprint density at radius 2 is 1.67 bits per heavy atom. The molecular weight excluding hydrogens is 144 g/mol. The second-order valence-corrected chi connectivity index (χ2v) is 2.80. The van der Waals surface area contributed by atoms with E-state index in [0.29, 0.717) is 0 Å². The Hall–Kier alpha value is -1.30. The molecule has 0 atom stereocenters. The molecule has 0 saturated carbocycles. The molecule has 12 heavy (non-hydrogen) atoms. The van der Waals surface area contributed by atoms with Gasteiger partial charge in [-0.25, -0.2) is 0 Å². The molecule has 0 heterocycles. The van der Waals surface area contributed by atoms with Gasteiger partial charge in [-0.1, -0.05) is 54.1 Å². The fourth-order valence-corrected chi connectivity index (χ4v) is 0.955. The number of allylic oxidation sites excluding steroid dienone is 3. The third-order valence-corrected chi connectivity index (χ3v) is 1.67. The molecule has 0 N–H and O–H groups in total. The van der Waals surface area contributed by atoms with Crippen molar-refractivity contribution in [2.24, 2.45) is 0 Å². The molecule has 0 fully saturated rings. The van der Waals surface area contributed by atoms with Crippen LogP contribution >= 0.6 is 0 Å². The van der Waals surface area contributed by atoms with Crippen LogP contribution in [-0.2, 0) is 0 Å². The van der Waals surface area contributed by atoms with Gasteiger partial charge < -0.3 is 0 Å². The summed E-state index contributed by atoms with van der Waals surface area (Å²) in [4.78, 5) is 0. The third-order valence-electron chi connectivity index (χ3n) is 1.67. The summed E-state index contributed by atoms with van der Waals surface area (Å²) in [5, 5.41) is 0. The summed E-state index contributed by atoms with van der Waals surface area (Å²) >= 11 is 0. The summed E-state index contributed by atoms with van der Waals surface area (Å²) in [6, 6.07) is 8.48. The summed E-state index contributed by atoms with van der Waals surface area (Å²) in [6.45, 7) is 4.11. The van der Waals surface area contributed by atoms with Crippen LogP contribution < -0.4 is 0 Å². The average Bonchev–Trinajstić information content (AvgIpc) is 2.09. The van der Waals surface area contributed by atoms with Crippen molar-refractivity contribution in [2.45, 2.75) is 13.8 Å². The monoisotopic (exact) mass is 158 g/mol. The van der Waals surface area contributed by atoms with Gasteiger partial charge in [0.2, 0.25) is 0 Å². The predicted molar refractivity (Wildman–Crippen MR) is 55.0 cm³/mol. The minimum absolute atomic E-state index is 1.25. The standard InChI is InChI=1S/C12H14/c1-3-4-5-6-12-9-7-11(2)8-10-12/h3-10H,1-2H3/b4-3-,6-5-. The topological polar surface area (TPSA) is 0 Å². The number of aryl methyl sites for hydroxylation is 1. The Labute approximate surface area is 74.2 Å². The van der Waals surface area contributed by atoms with Gasteiger partial charge in [-0.05, 0) is 19.4 Å². The van der Waals surface area contributed by atoms with Crippen molar-refractivity contribution in [3.63, 3.8) is 0 Å². The summed E-state index contributed by atoms with van der Waals surface area (Å²) < 4.78 is 0. The summed E-state index contributed by atoms with van der Waals surface area (Å²) in [5.41, 5.74) is 2.55. The van der Waals surface area contributed by atoms with Crippen LogP contribution in [0.25, 0.3) is 6.08 Å². The lowest BCUT2D eigenvalue weighted by atomic mass is 10.1. The molecule has 1 aromatic rings. The van der Waals surface area contributed by atoms with Crippen molar-refractivity contribution in [1.29, 1.82) is 0 Å². The van der Waals surface area contributed by atoms with Crippen molar-refractivity contribution in [3.05, 3.63) is 53.6 Å². The lowest BCUT2D eigenvalue weighted by Gasteiger charge is -1.92. The Morgan fingerprint density at radius 3 is 2.25 bits per heavy atom. The second-order valence-electron chi connectivity index (χ2n) is 2.80. The molecule has 0 heteroatoms. The molecule has 1 rings (SSSR count). The van der Waals surface area contributed by atoms with E-state index in [-0.39, 0.29) is 0 Å². The fraction of sp³-hybridized carbons (Fsp3) is 0.167. The largest absolute Gasteiger partial charge is 0.0877 e. The van der Waals surface area contributed by atoms with Crippen LogP contribution in [0.15, 0.2) is 42.5 Å². The average molecular weight is 158 g/mol. The molecule has 0 spiro atoms. The first-order valence-electron chi connectivity index (χ1n) is 4.19. The Kier molecular flexibility index (Phi) is 3.34. The molecule has 0 saturated heterocycles. The van der Waals surface area contributed by atoms with Gasteiger partial charge in [0.1, 0.15) is 0 Å². The van der Waals surface area contributed by atoms with Gasteiger partial charge in [-0.3, -0.25) is 0 Å². The van der Waals surface area contributed by atoms with Crippen LogP contribution in [0.4, 0.5) is 0 Å². The predicted octanol–water partition coefficient (Wildman–Crippen LogP) is 3.58. The highest BCUT2D eigenvalue weighted by atomic mass is 13.9. The number of hydrogen-bond donors (Lipinski definition) is 0. The quantitative estimate of drug-likeness (QED) is 0.577. The van der Waals surface area contributed by atoms with E-state index in [1.54, 1.807) is 0 Å². The highest BCUT2D eigenvalue weighted by molar-refractivity contribution is 5.51. The van der Waals surface area contributed by atoms with Crippen molar-refractivity contribution in [2.75, 3.05) is 0 Å². The minimum Gasteiger partial charge on any atom is -0.0877 e. The first-order valence-corrected chi connectivity index (χ1v) is 4.19. The van der Waals surface area contributed by atoms with E-state index in [2.05, 4.69) is 37.3 Å². The Bertz CT molecular complexity index is 275. The minimum atomic E-state index is 1.25. The van der Waals surface area contributed by atoms with Crippen molar-refractivity contribution < 1.29 is 0 Å². The molecule has 0 aliphatic rings. The Balaban J connectivity index is 2.70. The normalized spacial score (nSPS) is 11.5. The van der Waals surface area contributed by atoms with E-state index >= 15 is 0 Å². The molecule has 0 aliphatic heterocycles. The van der Waals surface area contributed by atoms with E-state index in [4.69, 9.17) is 0 Å². The van der Waals surface area contributed by atoms with Crippen LogP contribution in [0.1, 0.15) is 18.1 Å². The van der Waals surface area contributed by atoms with Gasteiger partial charge in [-0.2, -0.15) is 0 Å². The van der Waals surface area contributed by atoms with E-state index in [1.807, 2.05) is 25.2 Å². The maximum Gasteiger partial charge on any atom is -0.0256 e. The van der Waals surface area contributed by atoms with E-state index < -0.39 is 0 Å². The van der Waals surface area contributed by atoms with E-state index in [0.717, 1.165) is 0 Å². The lowest BCUT2D eigenvalue weighted by molar-refractivity contribution is 1.46. The Morgan fingerprint density at radius 1 is 1.00 bits per heavy atom. The van der Waals surface area contributed by atoms with Gasteiger partial charge in [-0.15, -0.1) is 0 Å². The van der Waals surface area contributed by atoms with Crippen LogP contribution in [0.5, 0.6) is 0 Å². The number of benzene rings is 1. The summed E-state index contributed by atoms with van der Waals surface area (Å²) in [6.07, 6.45) is 8.19. The fourth-order valence-electron chi connectivity index (χ4n) is 0.955. The van der Waals surface area contributed by atoms with E-state index in [1.165, 1.54) is 11.1 Å². The van der Waals surface area contributed by atoms with Gasteiger partial charge in [0.15, 0.2) is 0 Å². The summed E-state index contributed by atoms with van der Waals surface area (Å²) in [5.74, 6) is 0. The molecule has 0 bridgehead atoms. The molecule has 62 valence electrons. The summed E-state index contributed by atoms with van der Waals surface area (Å²) in [7, 11) is 0. The zero-order valence-corrected chi connectivity index (χ0v) is 7.62. The molecule has 0 aliphatic carbocycles. The third kappa shape index (κ3) is 2.75. The molecule has 0 aromatic heterocycles. The zero-order valence-electron chi connectivity index (χ0n) is 7.62. The van der Waals surface area contributed by atoms with Crippen LogP contribution in [0.3, 0.4) is 0 Å². The van der Waals surface area contributed by atoms with E-state index in [9.17, 15) is 0 Å². The number of rotatable bonds is 2. The highest BCUT2D eigenvalue weighted by Crippen LogP contribution is 2.04. The second kappa shape index (κ2) is 4.55. The molecule has 0 unspecified atom stereocenters. The maximum atomic E-state index is 2.12. The van der Waals surface area contributed by atoms with Gasteiger partial charge in [0.25, 0.3) is 0 Å². The maximum absolute atomic E-state index is 2.12. The molecular formula is C12H14. The zero-order chi connectivity index (χ0) is 8.81. The van der Waals surface area contributed by atoms with Crippen LogP contribution in [0.2, 0.25) is 0 Å². The lowest BCUT2D eigenvalue weighted by Crippen LogP contribution is -1.72. The van der Waals surface area contributed by atoms with Gasteiger partial charge in [0.05, 0.1) is 0 Å². The molecule has 0 radical (unpaired) electrons. The van der Waals surface area contributed by atoms with Crippen LogP contribution in [0, 0.1) is 6.92 Å². The molecule has 0 amide bonds. The highest BCUT2D eigenvalue weighted by Gasteiger charge is 1.83. The first-order chi connectivity index (χ1) is 5.83. The SMILES string of the molecule is C/C=C\C=C/c1ccc(C)cc1. The van der Waals surface area contributed by atoms with Crippen molar-refractivity contribution >= 4 is 6.08 Å². The van der Waals surface area contributed by atoms with Crippen molar-refractivity contribution in [3.8, 4) is 0 Å². The van der Waals surface area contributed by atoms with Crippen LogP contribution in [-0.4, -0.2) is 0 Å². The number of hydrogen-bond acceptors (Lipinski definition) is 0. The first kappa shape index (κ1) is 8.79. The smallest absolute Gasteiger partial charge is 0.0256 e. The van der Waals surface area contributed by atoms with Gasteiger partial charge >= 0.3 is 0 Å². The molecule has 0 nitrogen and oxygen atoms in total. The van der Waals surface area contributed by atoms with Gasteiger partial charge in [0, 0.05) is 0 Å².